The second-order valence-electron chi connectivity index (χ2n) is 18.0. The average Bonchev–Trinajstić information content (AvgIpc) is 3.66. The van der Waals surface area contributed by atoms with Gasteiger partial charge in [0, 0.05) is 27.9 Å². The second kappa shape index (κ2) is 11.6. The Morgan fingerprint density at radius 3 is 1.89 bits per heavy atom. The molecule has 6 aromatic rings. The third-order valence-electron chi connectivity index (χ3n) is 15.8. The highest BCUT2D eigenvalue weighted by molar-refractivity contribution is 5.90. The predicted molar refractivity (Wildman–Crippen MR) is 224 cm³/mol. The van der Waals surface area contributed by atoms with Crippen LogP contribution in [0.25, 0.3) is 33.4 Å². The molecule has 2 spiro atoms. The van der Waals surface area contributed by atoms with Crippen LogP contribution in [0.3, 0.4) is 0 Å². The molecule has 266 valence electrons. The monoisotopic (exact) mass is 699 g/mol. The zero-order valence-corrected chi connectivity index (χ0v) is 31.5. The van der Waals surface area contributed by atoms with Crippen LogP contribution in [0.1, 0.15) is 87.0 Å². The zero-order chi connectivity index (χ0) is 35.6. The van der Waals surface area contributed by atoms with Crippen LogP contribution in [0, 0.1) is 29.6 Å². The minimum atomic E-state index is 0.154. The summed E-state index contributed by atoms with van der Waals surface area (Å²) in [5, 5.41) is 0. The van der Waals surface area contributed by atoms with Crippen molar-refractivity contribution in [1.82, 2.24) is 0 Å². The highest BCUT2D eigenvalue weighted by atomic mass is 15.1. The molecule has 5 fully saturated rings. The molecule has 0 heterocycles. The van der Waals surface area contributed by atoms with Crippen molar-refractivity contribution in [2.75, 3.05) is 4.90 Å². The molecule has 6 aromatic carbocycles. The molecule has 1 nitrogen and oxygen atoms in total. The molecular weight excluding hydrogens is 651 g/mol. The molecule has 0 N–H and O–H groups in total. The number of anilines is 3. The Kier molecular flexibility index (Phi) is 6.74. The Balaban J connectivity index is 1.06. The van der Waals surface area contributed by atoms with E-state index in [9.17, 15) is 0 Å². The minimum absolute atomic E-state index is 0.154. The summed E-state index contributed by atoms with van der Waals surface area (Å²) >= 11 is 0. The Bertz CT molecular complexity index is 2450. The maximum Gasteiger partial charge on any atom is 0.0468 e. The first-order valence-electron chi connectivity index (χ1n) is 21.1. The number of rotatable bonds is 4. The summed E-state index contributed by atoms with van der Waals surface area (Å²) in [6, 6.07) is 54.2. The molecule has 0 radical (unpaired) electrons. The molecule has 5 saturated carbocycles. The zero-order valence-electron chi connectivity index (χ0n) is 31.5. The lowest BCUT2D eigenvalue weighted by atomic mass is 9.40. The van der Waals surface area contributed by atoms with Gasteiger partial charge in [-0.3, -0.25) is 0 Å². The lowest BCUT2D eigenvalue weighted by Gasteiger charge is -2.63. The number of benzene rings is 6. The minimum Gasteiger partial charge on any atom is -0.310 e. The first kappa shape index (κ1) is 31.5. The second-order valence-corrected chi connectivity index (χ2v) is 18.0. The van der Waals surface area contributed by atoms with Crippen molar-refractivity contribution in [1.29, 1.82) is 0 Å². The Hall–Kier alpha value is -4.88. The van der Waals surface area contributed by atoms with E-state index < -0.39 is 0 Å². The van der Waals surface area contributed by atoms with Crippen molar-refractivity contribution in [3.05, 3.63) is 162 Å². The maximum absolute atomic E-state index is 2.61. The molecule has 54 heavy (non-hydrogen) atoms. The normalized spacial score (nSPS) is 27.5. The number of fused-ring (bicyclic) bond motifs is 8. The van der Waals surface area contributed by atoms with Gasteiger partial charge in [0.05, 0.1) is 0 Å². The fraction of sp³-hybridized carbons (Fsp3) is 0.321. The van der Waals surface area contributed by atoms with Gasteiger partial charge >= 0.3 is 0 Å². The number of hydrogen-bond acceptors (Lipinski definition) is 1. The van der Waals surface area contributed by atoms with E-state index in [0.29, 0.717) is 0 Å². The molecule has 5 unspecified atom stereocenters. The van der Waals surface area contributed by atoms with Crippen LogP contribution in [0.5, 0.6) is 0 Å². The van der Waals surface area contributed by atoms with E-state index in [2.05, 4.69) is 151 Å². The molecule has 0 saturated heterocycles. The van der Waals surface area contributed by atoms with Crippen LogP contribution in [0.4, 0.5) is 17.1 Å². The molecule has 1 heteroatoms. The predicted octanol–water partition coefficient (Wildman–Crippen LogP) is 14.0. The molecular formula is C53H49N. The molecule has 0 aliphatic heterocycles. The topological polar surface area (TPSA) is 3.24 Å². The van der Waals surface area contributed by atoms with Crippen molar-refractivity contribution in [3.63, 3.8) is 0 Å². The molecule has 0 amide bonds. The summed E-state index contributed by atoms with van der Waals surface area (Å²) in [5.74, 6) is 4.13. The molecule has 6 atom stereocenters. The van der Waals surface area contributed by atoms with Crippen LogP contribution in [-0.4, -0.2) is 0 Å². The lowest BCUT2D eigenvalue weighted by molar-refractivity contribution is -0.0817. The van der Waals surface area contributed by atoms with Crippen molar-refractivity contribution in [2.24, 2.45) is 29.6 Å². The van der Waals surface area contributed by atoms with Gasteiger partial charge in [-0.1, -0.05) is 129 Å². The number of hydrogen-bond donors (Lipinski definition) is 0. The number of nitrogens with zero attached hydrogens (tertiary/aromatic N) is 1. The summed E-state index contributed by atoms with van der Waals surface area (Å²) in [7, 11) is 0. The first-order chi connectivity index (χ1) is 26.6. The van der Waals surface area contributed by atoms with Crippen LogP contribution in [0.15, 0.2) is 140 Å². The van der Waals surface area contributed by atoms with Crippen molar-refractivity contribution < 1.29 is 0 Å². The van der Waals surface area contributed by atoms with E-state index in [-0.39, 0.29) is 10.8 Å². The Morgan fingerprint density at radius 1 is 0.481 bits per heavy atom. The van der Waals surface area contributed by atoms with E-state index in [1.165, 1.54) is 108 Å². The van der Waals surface area contributed by atoms with Gasteiger partial charge in [-0.05, 0) is 160 Å². The summed E-state index contributed by atoms with van der Waals surface area (Å²) in [4.78, 5) is 2.56. The first-order valence-corrected chi connectivity index (χ1v) is 21.1. The van der Waals surface area contributed by atoms with E-state index in [4.69, 9.17) is 0 Å². The molecule has 7 aliphatic rings. The van der Waals surface area contributed by atoms with Crippen LogP contribution >= 0.6 is 0 Å². The summed E-state index contributed by atoms with van der Waals surface area (Å²) in [5.41, 5.74) is 18.7. The molecule has 7 aliphatic carbocycles. The van der Waals surface area contributed by atoms with Gasteiger partial charge in [0.25, 0.3) is 0 Å². The van der Waals surface area contributed by atoms with Crippen molar-refractivity contribution >= 4 is 17.1 Å². The van der Waals surface area contributed by atoms with Gasteiger partial charge in [-0.15, -0.1) is 0 Å². The van der Waals surface area contributed by atoms with Gasteiger partial charge < -0.3 is 4.90 Å². The standard InChI is InChI=1S/C53H49N/c1-34-38-27-35-28-39(30-38)53(51(34)29-35)49-20-9-7-18-44(49)46-33-42(22-24-50(46)53)54(40-16-12-15-37(31-40)36-13-4-2-5-14-36)41-21-23-48-45(32-41)43-17-6-8-19-47(43)52(48)25-10-3-11-26-52/h2,4-9,12-24,31-35,38-39,51H,3,10-11,25-30H2,1H3/t34-,35?,38?,39?,51?,53?/m0/s1. The molecule has 13 rings (SSSR count). The van der Waals surface area contributed by atoms with Gasteiger partial charge in [0.15, 0.2) is 0 Å². The van der Waals surface area contributed by atoms with Crippen LogP contribution in [-0.2, 0) is 10.8 Å². The van der Waals surface area contributed by atoms with Gasteiger partial charge in [0.1, 0.15) is 0 Å². The highest BCUT2D eigenvalue weighted by Gasteiger charge is 2.63. The van der Waals surface area contributed by atoms with Gasteiger partial charge in [0.2, 0.25) is 0 Å². The summed E-state index contributed by atoms with van der Waals surface area (Å²) < 4.78 is 0. The van der Waals surface area contributed by atoms with E-state index in [0.717, 1.165) is 29.6 Å². The molecule has 0 aromatic heterocycles. The van der Waals surface area contributed by atoms with Crippen LogP contribution < -0.4 is 4.90 Å². The van der Waals surface area contributed by atoms with Crippen molar-refractivity contribution in [2.45, 2.75) is 75.5 Å². The fourth-order valence-electron chi connectivity index (χ4n) is 13.8. The van der Waals surface area contributed by atoms with E-state index in [1.54, 1.807) is 22.3 Å². The largest absolute Gasteiger partial charge is 0.310 e. The maximum atomic E-state index is 2.61. The highest BCUT2D eigenvalue weighted by Crippen LogP contribution is 2.71. The van der Waals surface area contributed by atoms with Crippen molar-refractivity contribution in [3.8, 4) is 33.4 Å². The Labute approximate surface area is 321 Å². The molecule has 4 bridgehead atoms. The quantitative estimate of drug-likeness (QED) is 0.177. The summed E-state index contributed by atoms with van der Waals surface area (Å²) in [6.07, 6.45) is 12.2. The third-order valence-corrected chi connectivity index (χ3v) is 15.8. The van der Waals surface area contributed by atoms with E-state index in [1.807, 2.05) is 0 Å². The fourth-order valence-corrected chi connectivity index (χ4v) is 13.8. The summed E-state index contributed by atoms with van der Waals surface area (Å²) in [6.45, 7) is 2.61. The van der Waals surface area contributed by atoms with Crippen LogP contribution in [0.2, 0.25) is 0 Å². The third kappa shape index (κ3) is 4.17. The smallest absolute Gasteiger partial charge is 0.0468 e. The van der Waals surface area contributed by atoms with Gasteiger partial charge in [-0.25, -0.2) is 0 Å². The average molecular weight is 700 g/mol. The lowest BCUT2D eigenvalue weighted by Crippen LogP contribution is -2.58. The van der Waals surface area contributed by atoms with Gasteiger partial charge in [-0.2, -0.15) is 0 Å². The SMILES string of the molecule is C[C@H]1C2CC3CC(C2)C2(c4ccccc4-c4cc(N(c5cccc(-c6ccccc6)c5)c5ccc6c(c5)-c5ccccc5C65CCCCC5)ccc42)C1C3. The Morgan fingerprint density at radius 2 is 1.09 bits per heavy atom. The van der Waals surface area contributed by atoms with E-state index >= 15 is 0 Å².